The molecule has 1 aromatic carbocycles. The predicted molar refractivity (Wildman–Crippen MR) is 133 cm³/mol. The second-order valence-electron chi connectivity index (χ2n) is 9.25. The maximum atomic E-state index is 13.0. The molecule has 176 valence electrons. The number of para-hydroxylation sites is 2. The first-order valence-electron chi connectivity index (χ1n) is 11.8. The number of carbonyl (C=O) groups excluding carboxylic acids is 1. The van der Waals surface area contributed by atoms with E-state index in [1.807, 2.05) is 49.4 Å². The van der Waals surface area contributed by atoms with Crippen molar-refractivity contribution in [2.75, 3.05) is 31.6 Å². The predicted octanol–water partition coefficient (Wildman–Crippen LogP) is 3.17. The van der Waals surface area contributed by atoms with E-state index < -0.39 is 5.60 Å². The van der Waals surface area contributed by atoms with Crippen LogP contribution in [0, 0.1) is 6.92 Å². The standard InChI is InChI=1S/C26H30N6O2/c1-19-29-20-7-3-4-9-22(20)32(19)16-11-24(33)30(2)17-26(34)12-6-15-31(18-26)23-10-14-27-21-8-5-13-28-25(21)23/h3-5,7-10,13-14,34H,6,11-12,15-18H2,1-2H3. The number of carbonyl (C=O) groups is 1. The van der Waals surface area contributed by atoms with E-state index in [1.165, 1.54) is 0 Å². The number of aryl methyl sites for hydroxylation is 2. The molecule has 34 heavy (non-hydrogen) atoms. The lowest BCUT2D eigenvalue weighted by Gasteiger charge is -2.42. The van der Waals surface area contributed by atoms with Crippen molar-refractivity contribution in [1.82, 2.24) is 24.4 Å². The molecule has 1 N–H and O–H groups in total. The van der Waals surface area contributed by atoms with Crippen LogP contribution < -0.4 is 4.90 Å². The fourth-order valence-corrected chi connectivity index (χ4v) is 5.07. The van der Waals surface area contributed by atoms with Crippen molar-refractivity contribution in [3.8, 4) is 0 Å². The number of hydrogen-bond acceptors (Lipinski definition) is 6. The first-order chi connectivity index (χ1) is 16.4. The van der Waals surface area contributed by atoms with Gasteiger partial charge >= 0.3 is 0 Å². The maximum Gasteiger partial charge on any atom is 0.224 e. The van der Waals surface area contributed by atoms with E-state index in [9.17, 15) is 9.90 Å². The first kappa shape index (κ1) is 22.3. The number of anilines is 1. The summed E-state index contributed by atoms with van der Waals surface area (Å²) in [5.74, 6) is 0.912. The number of nitrogens with zero attached hydrogens (tertiary/aromatic N) is 6. The number of benzene rings is 1. The normalized spacial score (nSPS) is 18.5. The van der Waals surface area contributed by atoms with Gasteiger partial charge in [0.2, 0.25) is 5.91 Å². The molecule has 4 heterocycles. The molecule has 4 aromatic rings. The number of imidazole rings is 1. The summed E-state index contributed by atoms with van der Waals surface area (Å²) in [5.41, 5.74) is 3.64. The number of amides is 1. The molecule has 1 saturated heterocycles. The second-order valence-corrected chi connectivity index (χ2v) is 9.25. The summed E-state index contributed by atoms with van der Waals surface area (Å²) in [6.45, 7) is 4.11. The van der Waals surface area contributed by atoms with E-state index in [-0.39, 0.29) is 5.91 Å². The van der Waals surface area contributed by atoms with Crippen LogP contribution in [0.5, 0.6) is 0 Å². The topological polar surface area (TPSA) is 87.4 Å². The fraction of sp³-hybridized carbons (Fsp3) is 0.385. The van der Waals surface area contributed by atoms with E-state index in [1.54, 1.807) is 24.3 Å². The number of likely N-dealkylation sites (N-methyl/N-ethyl adjacent to an activating group) is 1. The van der Waals surface area contributed by atoms with Gasteiger partial charge in [0.25, 0.3) is 0 Å². The zero-order valence-corrected chi connectivity index (χ0v) is 19.7. The molecule has 1 aliphatic rings. The molecule has 8 nitrogen and oxygen atoms in total. The number of β-amino-alcohol motifs (C(OH)–C–C–N with tert-alkyl or cyclic N) is 1. The third kappa shape index (κ3) is 4.33. The van der Waals surface area contributed by atoms with Gasteiger partial charge in [0.15, 0.2) is 0 Å². The van der Waals surface area contributed by atoms with Crippen LogP contribution in [0.25, 0.3) is 22.1 Å². The number of hydrogen-bond donors (Lipinski definition) is 1. The molecular weight excluding hydrogens is 428 g/mol. The van der Waals surface area contributed by atoms with Gasteiger partial charge in [-0.1, -0.05) is 12.1 Å². The molecule has 8 heteroatoms. The average Bonchev–Trinajstić information content (AvgIpc) is 3.16. The molecule has 1 fully saturated rings. The smallest absolute Gasteiger partial charge is 0.224 e. The van der Waals surface area contributed by atoms with Crippen LogP contribution in [0.15, 0.2) is 54.9 Å². The van der Waals surface area contributed by atoms with Gasteiger partial charge in [0.05, 0.1) is 34.4 Å². The van der Waals surface area contributed by atoms with Crippen LogP contribution >= 0.6 is 0 Å². The van der Waals surface area contributed by atoms with Gasteiger partial charge in [0.1, 0.15) is 11.3 Å². The van der Waals surface area contributed by atoms with E-state index in [2.05, 4.69) is 24.4 Å². The van der Waals surface area contributed by atoms with Gasteiger partial charge in [-0.15, -0.1) is 0 Å². The minimum Gasteiger partial charge on any atom is -0.386 e. The number of rotatable bonds is 6. The monoisotopic (exact) mass is 458 g/mol. The molecule has 1 unspecified atom stereocenters. The molecule has 0 saturated carbocycles. The first-order valence-corrected chi connectivity index (χ1v) is 11.8. The van der Waals surface area contributed by atoms with Crippen molar-refractivity contribution in [1.29, 1.82) is 0 Å². The van der Waals surface area contributed by atoms with E-state index in [4.69, 9.17) is 0 Å². The van der Waals surface area contributed by atoms with Crippen molar-refractivity contribution < 1.29 is 9.90 Å². The van der Waals surface area contributed by atoms with Crippen LogP contribution in [0.2, 0.25) is 0 Å². The van der Waals surface area contributed by atoms with Crippen LogP contribution in [0.1, 0.15) is 25.1 Å². The zero-order valence-electron chi connectivity index (χ0n) is 19.7. The van der Waals surface area contributed by atoms with Crippen LogP contribution in [0.3, 0.4) is 0 Å². The number of pyridine rings is 2. The lowest BCUT2D eigenvalue weighted by Crippen LogP contribution is -2.54. The summed E-state index contributed by atoms with van der Waals surface area (Å²) in [6.07, 6.45) is 5.40. The van der Waals surface area contributed by atoms with Gasteiger partial charge < -0.3 is 19.5 Å². The molecule has 3 aromatic heterocycles. The van der Waals surface area contributed by atoms with Gasteiger partial charge in [0, 0.05) is 45.5 Å². The molecule has 0 bridgehead atoms. The SMILES string of the molecule is Cc1nc2ccccc2n1CCC(=O)N(C)CC1(O)CCCN(c2ccnc3cccnc23)C1. The third-order valence-electron chi connectivity index (χ3n) is 6.72. The molecule has 1 aliphatic heterocycles. The van der Waals surface area contributed by atoms with Gasteiger partial charge in [-0.05, 0) is 50.1 Å². The lowest BCUT2D eigenvalue weighted by atomic mass is 9.91. The molecule has 0 spiro atoms. The van der Waals surface area contributed by atoms with Crippen LogP contribution in [-0.4, -0.2) is 67.7 Å². The minimum absolute atomic E-state index is 0.0127. The number of aromatic nitrogens is 4. The number of aliphatic hydroxyl groups is 1. The Hall–Kier alpha value is -3.52. The lowest BCUT2D eigenvalue weighted by molar-refractivity contribution is -0.133. The van der Waals surface area contributed by atoms with Crippen LogP contribution in [-0.2, 0) is 11.3 Å². The molecule has 0 radical (unpaired) electrons. The largest absolute Gasteiger partial charge is 0.386 e. The Labute approximate surface area is 198 Å². The molecule has 1 amide bonds. The number of piperidine rings is 1. The Kier molecular flexibility index (Phi) is 5.91. The number of fused-ring (bicyclic) bond motifs is 2. The summed E-state index contributed by atoms with van der Waals surface area (Å²) in [6, 6.07) is 13.7. The quantitative estimate of drug-likeness (QED) is 0.478. The summed E-state index contributed by atoms with van der Waals surface area (Å²) in [7, 11) is 1.78. The molecule has 5 rings (SSSR count). The highest BCUT2D eigenvalue weighted by Gasteiger charge is 2.36. The molecule has 1 atom stereocenters. The highest BCUT2D eigenvalue weighted by atomic mass is 16.3. The average molecular weight is 459 g/mol. The van der Waals surface area contributed by atoms with Gasteiger partial charge in [-0.3, -0.25) is 14.8 Å². The van der Waals surface area contributed by atoms with Gasteiger partial charge in [-0.25, -0.2) is 4.98 Å². The Bertz CT molecular complexity index is 1330. The highest BCUT2D eigenvalue weighted by molar-refractivity contribution is 5.87. The Morgan fingerprint density at radius 1 is 1.12 bits per heavy atom. The Balaban J connectivity index is 1.25. The third-order valence-corrected chi connectivity index (χ3v) is 6.72. The summed E-state index contributed by atoms with van der Waals surface area (Å²) in [4.78, 5) is 30.3. The van der Waals surface area contributed by atoms with Crippen molar-refractivity contribution in [2.24, 2.45) is 0 Å². The maximum absolute atomic E-state index is 13.0. The Morgan fingerprint density at radius 2 is 1.94 bits per heavy atom. The van der Waals surface area contributed by atoms with Crippen molar-refractivity contribution in [2.45, 2.75) is 38.3 Å². The highest BCUT2D eigenvalue weighted by Crippen LogP contribution is 2.30. The van der Waals surface area contributed by atoms with E-state index >= 15 is 0 Å². The van der Waals surface area contributed by atoms with E-state index in [0.717, 1.165) is 46.5 Å². The minimum atomic E-state index is -0.981. The zero-order chi connectivity index (χ0) is 23.7. The fourth-order valence-electron chi connectivity index (χ4n) is 5.07. The second kappa shape index (κ2) is 9.02. The van der Waals surface area contributed by atoms with Crippen molar-refractivity contribution >= 4 is 33.7 Å². The molecule has 0 aliphatic carbocycles. The van der Waals surface area contributed by atoms with Gasteiger partial charge in [-0.2, -0.15) is 0 Å². The summed E-state index contributed by atoms with van der Waals surface area (Å²) >= 11 is 0. The molecular formula is C26H30N6O2. The van der Waals surface area contributed by atoms with Crippen molar-refractivity contribution in [3.05, 3.63) is 60.7 Å². The summed E-state index contributed by atoms with van der Waals surface area (Å²) in [5, 5.41) is 11.4. The Morgan fingerprint density at radius 3 is 2.82 bits per heavy atom. The van der Waals surface area contributed by atoms with E-state index in [0.29, 0.717) is 32.5 Å². The summed E-state index contributed by atoms with van der Waals surface area (Å²) < 4.78 is 2.08. The van der Waals surface area contributed by atoms with Crippen LogP contribution in [0.4, 0.5) is 5.69 Å². The van der Waals surface area contributed by atoms with Crippen molar-refractivity contribution in [3.63, 3.8) is 0 Å².